The van der Waals surface area contributed by atoms with Crippen molar-refractivity contribution in [1.82, 2.24) is 4.90 Å². The number of hydrogen-bond donors (Lipinski definition) is 1. The maximum atomic E-state index is 11.8. The summed E-state index contributed by atoms with van der Waals surface area (Å²) in [6, 6.07) is 0. The highest BCUT2D eigenvalue weighted by Gasteiger charge is 2.39. The number of nitrogens with two attached hydrogens (primary N) is 1. The van der Waals surface area contributed by atoms with E-state index in [9.17, 15) is 4.79 Å². The molecule has 0 spiro atoms. The minimum absolute atomic E-state index is 0.296. The summed E-state index contributed by atoms with van der Waals surface area (Å²) >= 11 is 0. The fourth-order valence-corrected chi connectivity index (χ4v) is 2.81. The predicted octanol–water partition coefficient (Wildman–Crippen LogP) is 1.78. The van der Waals surface area contributed by atoms with Crippen molar-refractivity contribution in [1.29, 1.82) is 0 Å². The van der Waals surface area contributed by atoms with Gasteiger partial charge in [-0.25, -0.2) is 0 Å². The van der Waals surface area contributed by atoms with Crippen molar-refractivity contribution in [2.45, 2.75) is 52.5 Å². The van der Waals surface area contributed by atoms with Gasteiger partial charge in [-0.2, -0.15) is 0 Å². The molecule has 2 N–H and O–H groups in total. The smallest absolute Gasteiger partial charge is 0.327 e. The molecule has 1 fully saturated rings. The van der Waals surface area contributed by atoms with Crippen LogP contribution < -0.4 is 5.73 Å². The molecule has 0 radical (unpaired) electrons. The first-order chi connectivity index (χ1) is 8.39. The minimum atomic E-state index is -0.895. The molecule has 0 saturated carbocycles. The molecular weight excluding hydrogens is 228 g/mol. The summed E-state index contributed by atoms with van der Waals surface area (Å²) in [5, 5.41) is 0. The molecule has 1 aliphatic heterocycles. The molecule has 0 aromatic rings. The summed E-state index contributed by atoms with van der Waals surface area (Å²) < 4.78 is 5.03. The van der Waals surface area contributed by atoms with Gasteiger partial charge in [0.25, 0.3) is 0 Å². The zero-order chi connectivity index (χ0) is 13.8. The summed E-state index contributed by atoms with van der Waals surface area (Å²) in [6.45, 7) is 11.1. The summed E-state index contributed by atoms with van der Waals surface area (Å²) in [5.74, 6) is -0.296. The Balaban J connectivity index is 2.56. The first kappa shape index (κ1) is 15.4. The summed E-state index contributed by atoms with van der Waals surface area (Å²) in [4.78, 5) is 14.1. The normalized spacial score (nSPS) is 22.7. The number of nitrogens with zero attached hydrogens (tertiary/aromatic N) is 1. The molecule has 1 atom stereocenters. The van der Waals surface area contributed by atoms with Crippen LogP contribution >= 0.6 is 0 Å². The van der Waals surface area contributed by atoms with E-state index in [1.54, 1.807) is 6.92 Å². The molecule has 1 unspecified atom stereocenters. The van der Waals surface area contributed by atoms with E-state index in [0.29, 0.717) is 18.6 Å². The van der Waals surface area contributed by atoms with Crippen LogP contribution in [0.25, 0.3) is 0 Å². The molecule has 18 heavy (non-hydrogen) atoms. The Hall–Kier alpha value is -0.610. The molecule has 106 valence electrons. The number of carbonyl (C=O) groups is 1. The molecule has 0 amide bonds. The molecule has 0 aliphatic carbocycles. The number of hydrogen-bond acceptors (Lipinski definition) is 4. The van der Waals surface area contributed by atoms with Gasteiger partial charge in [-0.3, -0.25) is 4.79 Å². The maximum absolute atomic E-state index is 11.8. The van der Waals surface area contributed by atoms with Gasteiger partial charge >= 0.3 is 5.97 Å². The van der Waals surface area contributed by atoms with E-state index in [4.69, 9.17) is 10.5 Å². The second-order valence-corrected chi connectivity index (χ2v) is 5.81. The lowest BCUT2D eigenvalue weighted by atomic mass is 9.82. The number of rotatable bonds is 6. The van der Waals surface area contributed by atoms with Gasteiger partial charge in [-0.1, -0.05) is 13.8 Å². The lowest BCUT2D eigenvalue weighted by Gasteiger charge is -2.30. The van der Waals surface area contributed by atoms with Crippen LogP contribution in [0.5, 0.6) is 0 Å². The van der Waals surface area contributed by atoms with Gasteiger partial charge in [0.15, 0.2) is 0 Å². The van der Waals surface area contributed by atoms with Crippen molar-refractivity contribution in [3.05, 3.63) is 0 Å². The fraction of sp³-hybridized carbons (Fsp3) is 0.929. The highest BCUT2D eigenvalue weighted by molar-refractivity contribution is 5.80. The van der Waals surface area contributed by atoms with E-state index in [1.807, 2.05) is 6.92 Å². The van der Waals surface area contributed by atoms with Gasteiger partial charge in [-0.05, 0) is 45.1 Å². The van der Waals surface area contributed by atoms with E-state index in [0.717, 1.165) is 13.1 Å². The highest BCUT2D eigenvalue weighted by Crippen LogP contribution is 2.37. The third kappa shape index (κ3) is 3.45. The molecule has 0 aromatic carbocycles. The Morgan fingerprint density at radius 3 is 2.44 bits per heavy atom. The Labute approximate surface area is 111 Å². The number of esters is 1. The van der Waals surface area contributed by atoms with Crippen LogP contribution in [0.15, 0.2) is 0 Å². The van der Waals surface area contributed by atoms with Crippen molar-refractivity contribution in [2.24, 2.45) is 11.1 Å². The quantitative estimate of drug-likeness (QED) is 0.736. The third-order valence-corrected chi connectivity index (χ3v) is 4.31. The monoisotopic (exact) mass is 256 g/mol. The Bertz CT molecular complexity index is 286. The number of likely N-dealkylation sites (tertiary alicyclic amines) is 1. The van der Waals surface area contributed by atoms with Crippen LogP contribution in [0.2, 0.25) is 0 Å². The van der Waals surface area contributed by atoms with E-state index < -0.39 is 5.54 Å². The van der Waals surface area contributed by atoms with Crippen LogP contribution in [0.1, 0.15) is 47.0 Å². The summed E-state index contributed by atoms with van der Waals surface area (Å²) in [7, 11) is 0. The molecule has 1 rings (SSSR count). The SMILES string of the molecule is CCOC(=O)C(C)(N)CN1CCC(CC)(CC)C1. The predicted molar refractivity (Wildman–Crippen MR) is 73.3 cm³/mol. The second-order valence-electron chi connectivity index (χ2n) is 5.81. The first-order valence-corrected chi connectivity index (χ1v) is 7.07. The maximum Gasteiger partial charge on any atom is 0.327 e. The van der Waals surface area contributed by atoms with Gasteiger partial charge in [0.05, 0.1) is 6.61 Å². The average Bonchev–Trinajstić information content (AvgIpc) is 2.73. The van der Waals surface area contributed by atoms with Crippen molar-refractivity contribution in [3.8, 4) is 0 Å². The van der Waals surface area contributed by atoms with Crippen LogP contribution in [-0.2, 0) is 9.53 Å². The molecule has 0 bridgehead atoms. The summed E-state index contributed by atoms with van der Waals surface area (Å²) in [6.07, 6.45) is 3.60. The van der Waals surface area contributed by atoms with Gasteiger partial charge in [0.1, 0.15) is 5.54 Å². The van der Waals surface area contributed by atoms with Gasteiger partial charge in [0.2, 0.25) is 0 Å². The standard InChI is InChI=1S/C14H28N2O2/c1-5-14(6-2)8-9-16(11-14)10-13(4,15)12(17)18-7-3/h5-11,15H2,1-4H3. The largest absolute Gasteiger partial charge is 0.465 e. The van der Waals surface area contributed by atoms with E-state index >= 15 is 0 Å². The molecule has 1 heterocycles. The highest BCUT2D eigenvalue weighted by atomic mass is 16.5. The zero-order valence-corrected chi connectivity index (χ0v) is 12.3. The zero-order valence-electron chi connectivity index (χ0n) is 12.3. The lowest BCUT2D eigenvalue weighted by molar-refractivity contribution is -0.149. The first-order valence-electron chi connectivity index (χ1n) is 7.07. The van der Waals surface area contributed by atoms with Crippen molar-refractivity contribution in [2.75, 3.05) is 26.2 Å². The lowest BCUT2D eigenvalue weighted by Crippen LogP contribution is -2.54. The molecule has 4 nitrogen and oxygen atoms in total. The topological polar surface area (TPSA) is 55.6 Å². The fourth-order valence-electron chi connectivity index (χ4n) is 2.81. The van der Waals surface area contributed by atoms with Crippen molar-refractivity contribution >= 4 is 5.97 Å². The van der Waals surface area contributed by atoms with Gasteiger partial charge in [0, 0.05) is 13.1 Å². The van der Waals surface area contributed by atoms with Crippen LogP contribution in [0, 0.1) is 5.41 Å². The molecule has 4 heteroatoms. The van der Waals surface area contributed by atoms with E-state index in [1.165, 1.54) is 19.3 Å². The van der Waals surface area contributed by atoms with Crippen LogP contribution in [-0.4, -0.2) is 42.6 Å². The van der Waals surface area contributed by atoms with E-state index in [-0.39, 0.29) is 5.97 Å². The average molecular weight is 256 g/mol. The number of carbonyl (C=O) groups excluding carboxylic acids is 1. The van der Waals surface area contributed by atoms with Gasteiger partial charge < -0.3 is 15.4 Å². The molecule has 1 aliphatic rings. The Kier molecular flexibility index (Phi) is 5.17. The van der Waals surface area contributed by atoms with Crippen LogP contribution in [0.3, 0.4) is 0 Å². The minimum Gasteiger partial charge on any atom is -0.465 e. The third-order valence-electron chi connectivity index (χ3n) is 4.31. The molecule has 0 aromatic heterocycles. The second kappa shape index (κ2) is 6.02. The number of ether oxygens (including phenoxy) is 1. The van der Waals surface area contributed by atoms with Crippen LogP contribution in [0.4, 0.5) is 0 Å². The Morgan fingerprint density at radius 1 is 1.39 bits per heavy atom. The van der Waals surface area contributed by atoms with Crippen molar-refractivity contribution in [3.63, 3.8) is 0 Å². The summed E-state index contributed by atoms with van der Waals surface area (Å²) in [5.41, 5.74) is 5.61. The van der Waals surface area contributed by atoms with E-state index in [2.05, 4.69) is 18.7 Å². The molecule has 1 saturated heterocycles. The molecular formula is C14H28N2O2. The van der Waals surface area contributed by atoms with Gasteiger partial charge in [-0.15, -0.1) is 0 Å². The Morgan fingerprint density at radius 2 is 2.00 bits per heavy atom. The van der Waals surface area contributed by atoms with Crippen molar-refractivity contribution < 1.29 is 9.53 Å².